The smallest absolute Gasteiger partial charge is 0.434 e. The van der Waals surface area contributed by atoms with E-state index in [0.717, 1.165) is 12.1 Å². The number of ether oxygens (including phenoxy) is 1. The Kier molecular flexibility index (Phi) is 2.53. The molecule has 0 aliphatic heterocycles. The van der Waals surface area contributed by atoms with E-state index in [2.05, 4.69) is 9.72 Å². The Bertz CT molecular complexity index is 574. The number of halogens is 3. The van der Waals surface area contributed by atoms with E-state index in [1.54, 1.807) is 0 Å². The van der Waals surface area contributed by atoms with Crippen LogP contribution in [0.4, 0.5) is 13.2 Å². The van der Waals surface area contributed by atoms with Crippen LogP contribution in [0.15, 0.2) is 22.6 Å². The zero-order valence-electron chi connectivity index (χ0n) is 8.54. The van der Waals surface area contributed by atoms with Crippen LogP contribution in [0.3, 0.4) is 0 Å². The molecule has 0 aliphatic rings. The maximum Gasteiger partial charge on any atom is 0.573 e. The van der Waals surface area contributed by atoms with Gasteiger partial charge in [-0.25, -0.2) is 4.98 Å². The molecule has 1 heterocycles. The number of nitrogens with zero attached hydrogens (tertiary/aromatic N) is 1. The summed E-state index contributed by atoms with van der Waals surface area (Å²) >= 11 is 0. The number of aromatic nitrogens is 1. The molecule has 0 bridgehead atoms. The van der Waals surface area contributed by atoms with Gasteiger partial charge < -0.3 is 9.15 Å². The van der Waals surface area contributed by atoms with Gasteiger partial charge in [0.05, 0.1) is 0 Å². The molecule has 0 spiro atoms. The molecule has 0 saturated heterocycles. The minimum absolute atomic E-state index is 0.0666. The van der Waals surface area contributed by atoms with Crippen molar-refractivity contribution in [2.75, 3.05) is 0 Å². The fourth-order valence-electron chi connectivity index (χ4n) is 1.25. The number of hydrogen-bond acceptors (Lipinski definition) is 4. The van der Waals surface area contributed by atoms with Crippen molar-refractivity contribution in [2.45, 2.75) is 13.3 Å². The van der Waals surface area contributed by atoms with Crippen molar-refractivity contribution in [3.8, 4) is 5.75 Å². The van der Waals surface area contributed by atoms with Gasteiger partial charge in [0, 0.05) is 13.0 Å². The first kappa shape index (κ1) is 11.4. The highest BCUT2D eigenvalue weighted by Crippen LogP contribution is 2.26. The van der Waals surface area contributed by atoms with Crippen LogP contribution in [-0.4, -0.2) is 17.1 Å². The summed E-state index contributed by atoms with van der Waals surface area (Å²) in [7, 11) is 0. The van der Waals surface area contributed by atoms with Gasteiger partial charge >= 0.3 is 6.36 Å². The van der Waals surface area contributed by atoms with Gasteiger partial charge in [0.25, 0.3) is 5.89 Å². The van der Waals surface area contributed by atoms with Gasteiger partial charge in [0.15, 0.2) is 5.58 Å². The summed E-state index contributed by atoms with van der Waals surface area (Å²) in [5, 5.41) is 0. The Balaban J connectivity index is 2.40. The molecule has 0 amide bonds. The Morgan fingerprint density at radius 3 is 2.71 bits per heavy atom. The first-order valence-corrected chi connectivity index (χ1v) is 4.52. The second kappa shape index (κ2) is 3.76. The number of carbonyl (C=O) groups is 1. The zero-order valence-corrected chi connectivity index (χ0v) is 8.54. The molecule has 17 heavy (non-hydrogen) atoms. The molecule has 1 aromatic heterocycles. The molecule has 0 saturated carbocycles. The number of benzene rings is 1. The van der Waals surface area contributed by atoms with Gasteiger partial charge in [-0.2, -0.15) is 0 Å². The van der Waals surface area contributed by atoms with Crippen LogP contribution in [0.1, 0.15) is 17.6 Å². The van der Waals surface area contributed by atoms with Gasteiger partial charge in [-0.3, -0.25) is 4.79 Å². The predicted molar refractivity (Wildman–Crippen MR) is 50.7 cm³/mol. The SMILES string of the molecule is CC(=O)c1nc2ccc(OC(F)(F)F)cc2o1. The highest BCUT2D eigenvalue weighted by atomic mass is 19.4. The van der Waals surface area contributed by atoms with Crippen LogP contribution in [0, 0.1) is 0 Å². The molecule has 7 heteroatoms. The molecule has 0 N–H and O–H groups in total. The molecule has 0 aliphatic carbocycles. The van der Waals surface area contributed by atoms with E-state index in [-0.39, 0.29) is 11.5 Å². The van der Waals surface area contributed by atoms with E-state index < -0.39 is 17.9 Å². The standard InChI is InChI=1S/C10H6F3NO3/c1-5(15)9-14-7-3-2-6(4-8(7)16-9)17-10(11,12)13/h2-4H,1H3. The number of alkyl halides is 3. The molecule has 0 unspecified atom stereocenters. The lowest BCUT2D eigenvalue weighted by atomic mass is 10.3. The summed E-state index contributed by atoms with van der Waals surface area (Å²) in [5.41, 5.74) is 0.363. The van der Waals surface area contributed by atoms with Crippen LogP contribution >= 0.6 is 0 Å². The Labute approximate surface area is 93.0 Å². The maximum absolute atomic E-state index is 12.0. The summed E-state index contributed by atoms with van der Waals surface area (Å²) in [5.74, 6) is -0.972. The van der Waals surface area contributed by atoms with Crippen molar-refractivity contribution in [3.05, 3.63) is 24.1 Å². The molecule has 90 valence electrons. The van der Waals surface area contributed by atoms with Crippen LogP contribution in [0.2, 0.25) is 0 Å². The molecule has 0 atom stereocenters. The third kappa shape index (κ3) is 2.55. The van der Waals surface area contributed by atoms with Gasteiger partial charge in [-0.05, 0) is 12.1 Å². The van der Waals surface area contributed by atoms with Gasteiger partial charge in [-0.15, -0.1) is 13.2 Å². The zero-order chi connectivity index (χ0) is 12.6. The fourth-order valence-corrected chi connectivity index (χ4v) is 1.25. The number of oxazole rings is 1. The number of rotatable bonds is 2. The third-order valence-electron chi connectivity index (χ3n) is 1.89. The fraction of sp³-hybridized carbons (Fsp3) is 0.200. The van der Waals surface area contributed by atoms with Gasteiger partial charge in [0.2, 0.25) is 5.78 Å². The summed E-state index contributed by atoms with van der Waals surface area (Å²) in [6.45, 7) is 1.25. The van der Waals surface area contributed by atoms with Crippen molar-refractivity contribution in [1.82, 2.24) is 4.98 Å². The lowest BCUT2D eigenvalue weighted by Gasteiger charge is -2.07. The first-order valence-electron chi connectivity index (χ1n) is 4.52. The highest BCUT2D eigenvalue weighted by molar-refractivity contribution is 5.92. The first-order chi connectivity index (χ1) is 7.85. The van der Waals surface area contributed by atoms with Crippen LogP contribution < -0.4 is 4.74 Å². The summed E-state index contributed by atoms with van der Waals surface area (Å²) in [6, 6.07) is 3.41. The van der Waals surface area contributed by atoms with E-state index in [1.807, 2.05) is 0 Å². The normalized spacial score (nSPS) is 11.8. The molecule has 0 radical (unpaired) electrons. The van der Waals surface area contributed by atoms with Crippen molar-refractivity contribution in [3.63, 3.8) is 0 Å². The predicted octanol–water partition coefficient (Wildman–Crippen LogP) is 2.93. The van der Waals surface area contributed by atoms with Gasteiger partial charge in [-0.1, -0.05) is 0 Å². The molecular weight excluding hydrogens is 239 g/mol. The minimum Gasteiger partial charge on any atom is -0.434 e. The summed E-state index contributed by atoms with van der Waals surface area (Å²) in [4.78, 5) is 14.8. The number of carbonyl (C=O) groups excluding carboxylic acids is 1. The van der Waals surface area contributed by atoms with Crippen molar-refractivity contribution >= 4 is 16.9 Å². The van der Waals surface area contributed by atoms with Crippen LogP contribution in [0.5, 0.6) is 5.75 Å². The van der Waals surface area contributed by atoms with E-state index in [0.29, 0.717) is 5.52 Å². The average molecular weight is 245 g/mol. The Hall–Kier alpha value is -2.05. The Morgan fingerprint density at radius 2 is 2.12 bits per heavy atom. The molecule has 2 rings (SSSR count). The lowest BCUT2D eigenvalue weighted by Crippen LogP contribution is -2.16. The maximum atomic E-state index is 12.0. The van der Waals surface area contributed by atoms with Gasteiger partial charge in [0.1, 0.15) is 11.3 Å². The average Bonchev–Trinajstić information content (AvgIpc) is 2.57. The monoisotopic (exact) mass is 245 g/mol. The van der Waals surface area contributed by atoms with Crippen LogP contribution in [-0.2, 0) is 0 Å². The lowest BCUT2D eigenvalue weighted by molar-refractivity contribution is -0.274. The summed E-state index contributed by atoms with van der Waals surface area (Å²) < 4.78 is 44.5. The second-order valence-corrected chi connectivity index (χ2v) is 3.25. The largest absolute Gasteiger partial charge is 0.573 e. The number of hydrogen-bond donors (Lipinski definition) is 0. The molecule has 2 aromatic rings. The van der Waals surface area contributed by atoms with Crippen molar-refractivity contribution in [1.29, 1.82) is 0 Å². The van der Waals surface area contributed by atoms with Crippen molar-refractivity contribution < 1.29 is 27.1 Å². The quantitative estimate of drug-likeness (QED) is 0.763. The molecular formula is C10H6F3NO3. The number of Topliss-reactive ketones (excluding diaryl/α,β-unsaturated/α-hetero) is 1. The van der Waals surface area contributed by atoms with E-state index in [4.69, 9.17) is 4.42 Å². The Morgan fingerprint density at radius 1 is 1.41 bits per heavy atom. The number of ketones is 1. The topological polar surface area (TPSA) is 52.3 Å². The van der Waals surface area contributed by atoms with Crippen LogP contribution in [0.25, 0.3) is 11.1 Å². The van der Waals surface area contributed by atoms with E-state index >= 15 is 0 Å². The summed E-state index contributed by atoms with van der Waals surface area (Å²) in [6.07, 6.45) is -4.77. The number of fused-ring (bicyclic) bond motifs is 1. The molecule has 0 fully saturated rings. The highest BCUT2D eigenvalue weighted by Gasteiger charge is 2.31. The molecule has 4 nitrogen and oxygen atoms in total. The third-order valence-corrected chi connectivity index (χ3v) is 1.89. The van der Waals surface area contributed by atoms with E-state index in [1.165, 1.54) is 13.0 Å². The molecule has 1 aromatic carbocycles. The van der Waals surface area contributed by atoms with E-state index in [9.17, 15) is 18.0 Å². The minimum atomic E-state index is -4.77. The second-order valence-electron chi connectivity index (χ2n) is 3.25. The van der Waals surface area contributed by atoms with Crippen molar-refractivity contribution in [2.24, 2.45) is 0 Å².